The summed E-state index contributed by atoms with van der Waals surface area (Å²) in [4.78, 5) is 17.3. The first-order valence-corrected chi connectivity index (χ1v) is 16.2. The zero-order chi connectivity index (χ0) is 30.1. The van der Waals surface area contributed by atoms with Crippen molar-refractivity contribution < 1.29 is 19.0 Å². The molecule has 0 bridgehead atoms. The molecule has 3 aromatic rings. The van der Waals surface area contributed by atoms with Crippen molar-refractivity contribution in [2.45, 2.75) is 50.6 Å². The fraction of sp³-hybridized carbons (Fsp3) is 0.472. The van der Waals surface area contributed by atoms with Gasteiger partial charge in [0.05, 0.1) is 39.5 Å². The number of methoxy groups -OCH3 is 1. The number of anilines is 2. The number of piperidine rings is 1. The van der Waals surface area contributed by atoms with E-state index in [0.717, 1.165) is 74.9 Å². The Hall–Kier alpha value is -3.59. The molecule has 2 fully saturated rings. The Labute approximate surface area is 261 Å². The fourth-order valence-corrected chi connectivity index (χ4v) is 6.68. The average molecular weight is 599 g/mol. The Kier molecular flexibility index (Phi) is 10.3. The molecule has 0 aliphatic carbocycles. The predicted molar refractivity (Wildman–Crippen MR) is 175 cm³/mol. The molecule has 6 rings (SSSR count). The SMILES string of the molecule is COc1ccc2c(c1)CCN(c1ccc(NC(=O)CN3CCOCC3)cc1)C2Cc1ccc(OCCC2CCCCN2)cc1. The molecule has 2 unspecified atom stereocenters. The van der Waals surface area contributed by atoms with Crippen LogP contribution in [0.1, 0.15) is 48.4 Å². The first-order valence-electron chi connectivity index (χ1n) is 16.2. The number of hydrogen-bond donors (Lipinski definition) is 2. The molecule has 0 saturated carbocycles. The van der Waals surface area contributed by atoms with Gasteiger partial charge in [-0.25, -0.2) is 0 Å². The lowest BCUT2D eigenvalue weighted by molar-refractivity contribution is -0.118. The van der Waals surface area contributed by atoms with Gasteiger partial charge < -0.3 is 29.7 Å². The summed E-state index contributed by atoms with van der Waals surface area (Å²) in [6.07, 6.45) is 6.73. The van der Waals surface area contributed by atoms with Gasteiger partial charge in [-0.3, -0.25) is 9.69 Å². The molecule has 0 aromatic heterocycles. The van der Waals surface area contributed by atoms with Gasteiger partial charge in [-0.05, 0) is 104 Å². The Morgan fingerprint density at radius 1 is 0.977 bits per heavy atom. The standard InChI is InChI=1S/C36H46N4O4/c1-42-33-13-14-34-28(25-33)15-18-40(31-9-7-30(8-10-31)38-36(41)26-39-19-22-43-23-20-39)35(34)24-27-5-11-32(12-6-27)44-21-16-29-4-2-3-17-37-29/h5-14,25,29,35,37H,2-4,15-24,26H2,1H3,(H,38,41). The molecule has 0 radical (unpaired) electrons. The summed E-state index contributed by atoms with van der Waals surface area (Å²) < 4.78 is 17.0. The molecule has 2 atom stereocenters. The highest BCUT2D eigenvalue weighted by molar-refractivity contribution is 5.92. The summed E-state index contributed by atoms with van der Waals surface area (Å²) in [5, 5.41) is 6.67. The maximum Gasteiger partial charge on any atom is 0.238 e. The van der Waals surface area contributed by atoms with Crippen molar-refractivity contribution in [2.75, 3.05) is 69.9 Å². The molecule has 2 saturated heterocycles. The second-order valence-corrected chi connectivity index (χ2v) is 12.1. The van der Waals surface area contributed by atoms with Crippen LogP contribution in [0.4, 0.5) is 11.4 Å². The van der Waals surface area contributed by atoms with Gasteiger partial charge in [0.15, 0.2) is 0 Å². The lowest BCUT2D eigenvalue weighted by Gasteiger charge is -2.39. The Balaban J connectivity index is 1.12. The first kappa shape index (κ1) is 30.4. The fourth-order valence-electron chi connectivity index (χ4n) is 6.68. The van der Waals surface area contributed by atoms with Crippen LogP contribution in [0.25, 0.3) is 0 Å². The molecule has 3 heterocycles. The summed E-state index contributed by atoms with van der Waals surface area (Å²) in [6, 6.07) is 24.2. The van der Waals surface area contributed by atoms with E-state index in [4.69, 9.17) is 14.2 Å². The summed E-state index contributed by atoms with van der Waals surface area (Å²) in [7, 11) is 1.73. The minimum atomic E-state index is 0.0106. The molecule has 3 aliphatic rings. The number of nitrogens with one attached hydrogen (secondary N) is 2. The smallest absolute Gasteiger partial charge is 0.238 e. The third kappa shape index (κ3) is 7.92. The van der Waals surface area contributed by atoms with Crippen LogP contribution in [0.15, 0.2) is 66.7 Å². The third-order valence-electron chi connectivity index (χ3n) is 9.16. The molecule has 1 amide bonds. The lowest BCUT2D eigenvalue weighted by Crippen LogP contribution is -2.41. The van der Waals surface area contributed by atoms with Gasteiger partial charge in [0, 0.05) is 37.1 Å². The predicted octanol–water partition coefficient (Wildman–Crippen LogP) is 5.22. The van der Waals surface area contributed by atoms with Gasteiger partial charge in [0.1, 0.15) is 11.5 Å². The Morgan fingerprint density at radius 3 is 2.52 bits per heavy atom. The van der Waals surface area contributed by atoms with Gasteiger partial charge in [0.25, 0.3) is 0 Å². The summed E-state index contributed by atoms with van der Waals surface area (Å²) in [5.41, 5.74) is 5.92. The number of amides is 1. The largest absolute Gasteiger partial charge is 0.497 e. The van der Waals surface area contributed by atoms with Gasteiger partial charge in [0.2, 0.25) is 5.91 Å². The molecule has 8 nitrogen and oxygen atoms in total. The third-order valence-corrected chi connectivity index (χ3v) is 9.16. The molecular weight excluding hydrogens is 552 g/mol. The van der Waals surface area contributed by atoms with Gasteiger partial charge in [-0.15, -0.1) is 0 Å². The monoisotopic (exact) mass is 598 g/mol. The van der Waals surface area contributed by atoms with E-state index in [9.17, 15) is 4.79 Å². The normalized spacial score (nSPS) is 20.5. The number of rotatable bonds is 11. The highest BCUT2D eigenvalue weighted by atomic mass is 16.5. The van der Waals surface area contributed by atoms with Gasteiger partial charge in [-0.2, -0.15) is 0 Å². The molecule has 0 spiro atoms. The molecule has 2 N–H and O–H groups in total. The quantitative estimate of drug-likeness (QED) is 0.313. The van der Waals surface area contributed by atoms with Crippen LogP contribution in [0.2, 0.25) is 0 Å². The van der Waals surface area contributed by atoms with Crippen LogP contribution in [0.5, 0.6) is 11.5 Å². The maximum atomic E-state index is 12.6. The van der Waals surface area contributed by atoms with Crippen LogP contribution < -0.4 is 25.0 Å². The summed E-state index contributed by atoms with van der Waals surface area (Å²) >= 11 is 0. The average Bonchev–Trinajstić information content (AvgIpc) is 3.07. The molecule has 3 aliphatic heterocycles. The van der Waals surface area contributed by atoms with E-state index in [1.165, 1.54) is 36.0 Å². The van der Waals surface area contributed by atoms with Crippen molar-refractivity contribution in [3.8, 4) is 11.5 Å². The zero-order valence-corrected chi connectivity index (χ0v) is 25.9. The van der Waals surface area contributed by atoms with Crippen molar-refractivity contribution in [1.82, 2.24) is 10.2 Å². The summed E-state index contributed by atoms with van der Waals surface area (Å²) in [5.74, 6) is 1.84. The molecule has 8 heteroatoms. The number of carbonyl (C=O) groups is 1. The highest BCUT2D eigenvalue weighted by Crippen LogP contribution is 2.38. The van der Waals surface area contributed by atoms with Crippen LogP contribution >= 0.6 is 0 Å². The molecular formula is C36H46N4O4. The van der Waals surface area contributed by atoms with Crippen molar-refractivity contribution >= 4 is 17.3 Å². The van der Waals surface area contributed by atoms with E-state index >= 15 is 0 Å². The number of nitrogens with zero attached hydrogens (tertiary/aromatic N) is 2. The zero-order valence-electron chi connectivity index (χ0n) is 25.9. The van der Waals surface area contributed by atoms with E-state index in [-0.39, 0.29) is 11.9 Å². The van der Waals surface area contributed by atoms with Crippen molar-refractivity contribution in [1.29, 1.82) is 0 Å². The van der Waals surface area contributed by atoms with Crippen LogP contribution in [0.3, 0.4) is 0 Å². The lowest BCUT2D eigenvalue weighted by atomic mass is 9.88. The number of morpholine rings is 1. The minimum Gasteiger partial charge on any atom is -0.497 e. The first-order chi connectivity index (χ1) is 21.6. The van der Waals surface area contributed by atoms with E-state index < -0.39 is 0 Å². The van der Waals surface area contributed by atoms with E-state index in [2.05, 4.69) is 75.0 Å². The number of fused-ring (bicyclic) bond motifs is 1. The summed E-state index contributed by atoms with van der Waals surface area (Å²) in [6.45, 7) is 6.13. The van der Waals surface area contributed by atoms with Crippen molar-refractivity contribution in [2.24, 2.45) is 0 Å². The van der Waals surface area contributed by atoms with Crippen molar-refractivity contribution in [3.63, 3.8) is 0 Å². The molecule has 44 heavy (non-hydrogen) atoms. The van der Waals surface area contributed by atoms with Crippen LogP contribution in [-0.4, -0.2) is 76.5 Å². The Bertz CT molecular complexity index is 1350. The van der Waals surface area contributed by atoms with Crippen LogP contribution in [0, 0.1) is 0 Å². The molecule has 234 valence electrons. The number of hydrogen-bond acceptors (Lipinski definition) is 7. The van der Waals surface area contributed by atoms with E-state index in [0.29, 0.717) is 25.8 Å². The number of carbonyl (C=O) groups excluding carboxylic acids is 1. The Morgan fingerprint density at radius 2 is 1.77 bits per heavy atom. The highest BCUT2D eigenvalue weighted by Gasteiger charge is 2.28. The van der Waals surface area contributed by atoms with Gasteiger partial charge >= 0.3 is 0 Å². The van der Waals surface area contributed by atoms with Crippen molar-refractivity contribution in [3.05, 3.63) is 83.4 Å². The topological polar surface area (TPSA) is 75.3 Å². The number of ether oxygens (including phenoxy) is 3. The maximum absolute atomic E-state index is 12.6. The second-order valence-electron chi connectivity index (χ2n) is 12.1. The molecule has 3 aromatic carbocycles. The van der Waals surface area contributed by atoms with E-state index in [1.807, 2.05) is 12.1 Å². The second kappa shape index (κ2) is 14.9. The van der Waals surface area contributed by atoms with Crippen LogP contribution in [-0.2, 0) is 22.4 Å². The minimum absolute atomic E-state index is 0.0106. The number of benzene rings is 3. The van der Waals surface area contributed by atoms with Gasteiger partial charge in [-0.1, -0.05) is 24.6 Å². The van der Waals surface area contributed by atoms with E-state index in [1.54, 1.807) is 7.11 Å².